The largest absolute Gasteiger partial charge is 0.394 e. The van der Waals surface area contributed by atoms with E-state index in [1.165, 1.54) is 11.8 Å². The van der Waals surface area contributed by atoms with Gasteiger partial charge in [0.15, 0.2) is 5.78 Å². The highest BCUT2D eigenvalue weighted by molar-refractivity contribution is 7.99. The van der Waals surface area contributed by atoms with E-state index in [1.807, 2.05) is 19.1 Å². The van der Waals surface area contributed by atoms with Crippen molar-refractivity contribution < 1.29 is 15.0 Å². The molecule has 0 aliphatic heterocycles. The Labute approximate surface area is 99.5 Å². The van der Waals surface area contributed by atoms with E-state index in [9.17, 15) is 9.90 Å². The summed E-state index contributed by atoms with van der Waals surface area (Å²) in [7, 11) is 0. The van der Waals surface area contributed by atoms with Crippen LogP contribution in [0.5, 0.6) is 0 Å². The minimum Gasteiger partial charge on any atom is -0.394 e. The Morgan fingerprint density at radius 2 is 2.00 bits per heavy atom. The van der Waals surface area contributed by atoms with E-state index in [1.54, 1.807) is 12.1 Å². The number of aliphatic hydroxyl groups excluding tert-OH is 2. The lowest BCUT2D eigenvalue weighted by atomic mass is 10.1. The number of rotatable bonds is 6. The van der Waals surface area contributed by atoms with Gasteiger partial charge in [-0.05, 0) is 12.1 Å². The van der Waals surface area contributed by atoms with Crippen LogP contribution in [0.25, 0.3) is 0 Å². The van der Waals surface area contributed by atoms with Crippen molar-refractivity contribution in [2.24, 2.45) is 0 Å². The first-order valence-corrected chi connectivity index (χ1v) is 6.21. The van der Waals surface area contributed by atoms with Crippen LogP contribution in [0.3, 0.4) is 0 Å². The molecule has 0 spiro atoms. The standard InChI is InChI=1S/C12H16O3S/c1-2-12(15)9-3-5-11(6-4-9)16-8-10(14)7-13/h3-6,10,13-14H,2,7-8H2,1H3. The Hall–Kier alpha value is -0.840. The van der Waals surface area contributed by atoms with E-state index in [4.69, 9.17) is 5.11 Å². The second-order valence-electron chi connectivity index (χ2n) is 3.45. The molecule has 1 rings (SSSR count). The highest BCUT2D eigenvalue weighted by Gasteiger charge is 2.05. The molecular formula is C12H16O3S. The third-order valence-electron chi connectivity index (χ3n) is 2.15. The molecule has 16 heavy (non-hydrogen) atoms. The van der Waals surface area contributed by atoms with E-state index < -0.39 is 6.10 Å². The van der Waals surface area contributed by atoms with E-state index in [0.717, 1.165) is 10.5 Å². The van der Waals surface area contributed by atoms with Crippen molar-refractivity contribution in [3.05, 3.63) is 29.8 Å². The molecule has 2 N–H and O–H groups in total. The second kappa shape index (κ2) is 6.68. The van der Waals surface area contributed by atoms with Crippen molar-refractivity contribution in [1.29, 1.82) is 0 Å². The summed E-state index contributed by atoms with van der Waals surface area (Å²) in [5.74, 6) is 0.587. The molecule has 1 aromatic rings. The molecule has 0 aliphatic carbocycles. The molecule has 1 aromatic carbocycles. The molecule has 0 heterocycles. The lowest BCUT2D eigenvalue weighted by Crippen LogP contribution is -2.14. The van der Waals surface area contributed by atoms with E-state index in [2.05, 4.69) is 0 Å². The molecule has 0 radical (unpaired) electrons. The SMILES string of the molecule is CCC(=O)c1ccc(SCC(O)CO)cc1. The number of hydrogen-bond acceptors (Lipinski definition) is 4. The van der Waals surface area contributed by atoms with Gasteiger partial charge in [0, 0.05) is 22.6 Å². The molecule has 3 nitrogen and oxygen atoms in total. The number of ketones is 1. The normalized spacial score (nSPS) is 12.4. The van der Waals surface area contributed by atoms with Gasteiger partial charge >= 0.3 is 0 Å². The van der Waals surface area contributed by atoms with E-state index in [0.29, 0.717) is 12.2 Å². The quantitative estimate of drug-likeness (QED) is 0.587. The monoisotopic (exact) mass is 240 g/mol. The first-order chi connectivity index (χ1) is 7.67. The molecule has 0 fully saturated rings. The molecule has 0 aliphatic rings. The smallest absolute Gasteiger partial charge is 0.162 e. The second-order valence-corrected chi connectivity index (χ2v) is 4.54. The van der Waals surface area contributed by atoms with Crippen molar-refractivity contribution >= 4 is 17.5 Å². The van der Waals surface area contributed by atoms with E-state index in [-0.39, 0.29) is 12.4 Å². The van der Waals surface area contributed by atoms with Gasteiger partial charge in [-0.25, -0.2) is 0 Å². The summed E-state index contributed by atoms with van der Waals surface area (Å²) in [6.45, 7) is 1.61. The van der Waals surface area contributed by atoms with Crippen molar-refractivity contribution in [2.45, 2.75) is 24.3 Å². The van der Waals surface area contributed by atoms with E-state index >= 15 is 0 Å². The average molecular weight is 240 g/mol. The number of Topliss-reactive ketones (excluding diaryl/α,β-unsaturated/α-hetero) is 1. The van der Waals surface area contributed by atoms with Crippen molar-refractivity contribution in [3.8, 4) is 0 Å². The predicted octanol–water partition coefficient (Wildman–Crippen LogP) is 1.72. The molecule has 88 valence electrons. The van der Waals surface area contributed by atoms with Crippen molar-refractivity contribution in [1.82, 2.24) is 0 Å². The molecule has 0 bridgehead atoms. The summed E-state index contributed by atoms with van der Waals surface area (Å²) in [5.41, 5.74) is 0.717. The maximum Gasteiger partial charge on any atom is 0.162 e. The number of aliphatic hydroxyl groups is 2. The lowest BCUT2D eigenvalue weighted by molar-refractivity contribution is 0.0988. The fourth-order valence-electron chi connectivity index (χ4n) is 1.19. The zero-order valence-corrected chi connectivity index (χ0v) is 10.0. The van der Waals surface area contributed by atoms with Crippen molar-refractivity contribution in [3.63, 3.8) is 0 Å². The van der Waals surface area contributed by atoms with Gasteiger partial charge < -0.3 is 10.2 Å². The fourth-order valence-corrected chi connectivity index (χ4v) is 2.01. The number of carbonyl (C=O) groups is 1. The van der Waals surface area contributed by atoms with Gasteiger partial charge in [0.05, 0.1) is 12.7 Å². The number of thioether (sulfide) groups is 1. The predicted molar refractivity (Wildman–Crippen MR) is 64.9 cm³/mol. The van der Waals surface area contributed by atoms with Crippen LogP contribution in [0.2, 0.25) is 0 Å². The molecule has 0 amide bonds. The van der Waals surface area contributed by atoms with Crippen LogP contribution < -0.4 is 0 Å². The molecule has 0 saturated heterocycles. The fraction of sp³-hybridized carbons (Fsp3) is 0.417. The van der Waals surface area contributed by atoms with Crippen LogP contribution in [-0.4, -0.2) is 34.5 Å². The van der Waals surface area contributed by atoms with Gasteiger partial charge in [-0.15, -0.1) is 11.8 Å². The lowest BCUT2D eigenvalue weighted by Gasteiger charge is -2.06. The Balaban J connectivity index is 2.54. The Bertz CT molecular complexity index is 335. The summed E-state index contributed by atoms with van der Waals surface area (Å²) >= 11 is 1.46. The third-order valence-corrected chi connectivity index (χ3v) is 3.31. The van der Waals surface area contributed by atoms with Gasteiger partial charge in [-0.3, -0.25) is 4.79 Å². The van der Waals surface area contributed by atoms with Crippen LogP contribution in [0, 0.1) is 0 Å². The maximum atomic E-state index is 11.4. The third kappa shape index (κ3) is 3.96. The summed E-state index contributed by atoms with van der Waals surface area (Å²) < 4.78 is 0. The molecule has 4 heteroatoms. The molecule has 1 atom stereocenters. The zero-order chi connectivity index (χ0) is 12.0. The Kier molecular flexibility index (Phi) is 5.52. The number of carbonyl (C=O) groups excluding carboxylic acids is 1. The van der Waals surface area contributed by atoms with Gasteiger partial charge in [-0.2, -0.15) is 0 Å². The minimum atomic E-state index is -0.693. The topological polar surface area (TPSA) is 57.5 Å². The Morgan fingerprint density at radius 1 is 1.38 bits per heavy atom. The number of hydrogen-bond donors (Lipinski definition) is 2. The zero-order valence-electron chi connectivity index (χ0n) is 9.22. The molecule has 0 saturated carbocycles. The first kappa shape index (κ1) is 13.2. The highest BCUT2D eigenvalue weighted by Crippen LogP contribution is 2.19. The van der Waals surface area contributed by atoms with Crippen molar-refractivity contribution in [2.75, 3.05) is 12.4 Å². The minimum absolute atomic E-state index is 0.131. The van der Waals surface area contributed by atoms with Gasteiger partial charge in [-0.1, -0.05) is 19.1 Å². The summed E-state index contributed by atoms with van der Waals surface area (Å²) in [4.78, 5) is 12.3. The van der Waals surface area contributed by atoms with Gasteiger partial charge in [0.25, 0.3) is 0 Å². The Morgan fingerprint density at radius 3 is 2.50 bits per heavy atom. The van der Waals surface area contributed by atoms with Gasteiger partial charge in [0.1, 0.15) is 0 Å². The maximum absolute atomic E-state index is 11.4. The molecule has 1 unspecified atom stereocenters. The number of benzene rings is 1. The van der Waals surface area contributed by atoms with Crippen LogP contribution in [-0.2, 0) is 0 Å². The molecule has 0 aromatic heterocycles. The van der Waals surface area contributed by atoms with Crippen LogP contribution in [0.1, 0.15) is 23.7 Å². The summed E-state index contributed by atoms with van der Waals surface area (Å²) in [6, 6.07) is 7.30. The average Bonchev–Trinajstić information content (AvgIpc) is 2.35. The van der Waals surface area contributed by atoms with Gasteiger partial charge in [0.2, 0.25) is 0 Å². The van der Waals surface area contributed by atoms with Crippen LogP contribution in [0.4, 0.5) is 0 Å². The molecular weight excluding hydrogens is 224 g/mol. The first-order valence-electron chi connectivity index (χ1n) is 5.22. The summed E-state index contributed by atoms with van der Waals surface area (Å²) in [5, 5.41) is 17.8. The summed E-state index contributed by atoms with van der Waals surface area (Å²) in [6.07, 6.45) is -0.183. The highest BCUT2D eigenvalue weighted by atomic mass is 32.2. The van der Waals surface area contributed by atoms with Crippen LogP contribution in [0.15, 0.2) is 29.2 Å². The van der Waals surface area contributed by atoms with Crippen LogP contribution >= 0.6 is 11.8 Å².